The lowest BCUT2D eigenvalue weighted by molar-refractivity contribution is -0.122. The molecule has 154 valence electrons. The number of nitrogens with one attached hydrogen (secondary N) is 1. The minimum Gasteiger partial charge on any atom is -0.477 e. The molecule has 0 radical (unpaired) electrons. The Hall–Kier alpha value is -3.01. The van der Waals surface area contributed by atoms with Gasteiger partial charge >= 0.3 is 5.97 Å². The Morgan fingerprint density at radius 2 is 2.10 bits per heavy atom. The molecule has 2 atom stereocenters. The van der Waals surface area contributed by atoms with Gasteiger partial charge in [-0.2, -0.15) is 0 Å². The van der Waals surface area contributed by atoms with Gasteiger partial charge in [0.15, 0.2) is 11.6 Å². The lowest BCUT2D eigenvalue weighted by atomic mass is 10.2. The van der Waals surface area contributed by atoms with Crippen molar-refractivity contribution in [2.45, 2.75) is 44.3 Å². The van der Waals surface area contributed by atoms with E-state index in [-0.39, 0.29) is 34.8 Å². The molecule has 29 heavy (non-hydrogen) atoms. The molecule has 2 fully saturated rings. The van der Waals surface area contributed by atoms with Gasteiger partial charge in [-0.1, -0.05) is 0 Å². The van der Waals surface area contributed by atoms with Crippen molar-refractivity contribution in [2.75, 3.05) is 18.0 Å². The van der Waals surface area contributed by atoms with Crippen LogP contribution in [-0.4, -0.2) is 51.7 Å². The summed E-state index contributed by atoms with van der Waals surface area (Å²) in [5, 5.41) is 12.1. The number of carbonyl (C=O) groups is 2. The van der Waals surface area contributed by atoms with E-state index in [9.17, 15) is 23.9 Å². The molecule has 3 heterocycles. The van der Waals surface area contributed by atoms with Crippen molar-refractivity contribution >= 4 is 28.7 Å². The van der Waals surface area contributed by atoms with Crippen LogP contribution < -0.4 is 21.4 Å². The molecule has 4 rings (SSSR count). The van der Waals surface area contributed by atoms with Gasteiger partial charge in [0, 0.05) is 31.4 Å². The van der Waals surface area contributed by atoms with Crippen LogP contribution >= 0.6 is 0 Å². The smallest absolute Gasteiger partial charge is 0.341 e. The SMILES string of the molecule is C[C@@H](N)C(=O)NC1CCN(c2nc3c(cc2F)c(=O)c(C(=O)O)cn3C2CC2)C1. The van der Waals surface area contributed by atoms with Gasteiger partial charge in [-0.15, -0.1) is 0 Å². The maximum Gasteiger partial charge on any atom is 0.341 e. The highest BCUT2D eigenvalue weighted by Crippen LogP contribution is 2.37. The molecular formula is C19H22FN5O4. The van der Waals surface area contributed by atoms with Crippen molar-refractivity contribution in [1.29, 1.82) is 0 Å². The first-order valence-corrected chi connectivity index (χ1v) is 9.56. The maximum atomic E-state index is 14.8. The van der Waals surface area contributed by atoms with Crippen LogP contribution in [-0.2, 0) is 4.79 Å². The van der Waals surface area contributed by atoms with Crippen LogP contribution in [0.2, 0.25) is 0 Å². The Labute approximate surface area is 165 Å². The Morgan fingerprint density at radius 1 is 1.38 bits per heavy atom. The molecule has 0 spiro atoms. The Kier molecular flexibility index (Phi) is 4.73. The van der Waals surface area contributed by atoms with E-state index in [0.29, 0.717) is 19.5 Å². The number of nitrogens with zero attached hydrogens (tertiary/aromatic N) is 3. The number of hydrogen-bond donors (Lipinski definition) is 3. The average Bonchev–Trinajstić information content (AvgIpc) is 3.40. The van der Waals surface area contributed by atoms with Crippen LogP contribution in [0.25, 0.3) is 11.0 Å². The zero-order valence-electron chi connectivity index (χ0n) is 15.9. The number of amides is 1. The molecule has 2 aromatic rings. The van der Waals surface area contributed by atoms with E-state index in [0.717, 1.165) is 18.9 Å². The average molecular weight is 403 g/mol. The van der Waals surface area contributed by atoms with Gasteiger partial charge in [-0.25, -0.2) is 14.2 Å². The summed E-state index contributed by atoms with van der Waals surface area (Å²) in [5.74, 6) is -2.22. The van der Waals surface area contributed by atoms with E-state index in [2.05, 4.69) is 10.3 Å². The maximum absolute atomic E-state index is 14.8. The van der Waals surface area contributed by atoms with E-state index in [4.69, 9.17) is 5.73 Å². The molecule has 0 aromatic carbocycles. The number of anilines is 1. The first kappa shape index (κ1) is 19.3. The van der Waals surface area contributed by atoms with E-state index < -0.39 is 28.8 Å². The Bertz CT molecular complexity index is 1060. The zero-order valence-corrected chi connectivity index (χ0v) is 15.9. The minimum absolute atomic E-state index is 0.0425. The number of halogens is 1. The second-order valence-electron chi connectivity index (χ2n) is 7.71. The summed E-state index contributed by atoms with van der Waals surface area (Å²) < 4.78 is 16.5. The summed E-state index contributed by atoms with van der Waals surface area (Å²) in [6.07, 6.45) is 3.61. The number of nitrogens with two attached hydrogens (primary N) is 1. The number of carbonyl (C=O) groups excluding carboxylic acids is 1. The van der Waals surface area contributed by atoms with Crippen LogP contribution in [0, 0.1) is 5.82 Å². The fraction of sp³-hybridized carbons (Fsp3) is 0.474. The van der Waals surface area contributed by atoms with Crippen molar-refractivity contribution in [3.8, 4) is 0 Å². The molecule has 1 aliphatic heterocycles. The van der Waals surface area contributed by atoms with Gasteiger partial charge in [-0.05, 0) is 32.3 Å². The third kappa shape index (κ3) is 3.55. The number of carboxylic acids is 1. The van der Waals surface area contributed by atoms with Crippen molar-refractivity contribution in [1.82, 2.24) is 14.9 Å². The van der Waals surface area contributed by atoms with Gasteiger partial charge in [-0.3, -0.25) is 9.59 Å². The molecule has 1 unspecified atom stereocenters. The lowest BCUT2D eigenvalue weighted by Gasteiger charge is -2.20. The molecular weight excluding hydrogens is 381 g/mol. The van der Waals surface area contributed by atoms with Gasteiger partial charge in [0.1, 0.15) is 11.2 Å². The van der Waals surface area contributed by atoms with Crippen molar-refractivity contribution < 1.29 is 19.1 Å². The van der Waals surface area contributed by atoms with Crippen LogP contribution in [0.3, 0.4) is 0 Å². The lowest BCUT2D eigenvalue weighted by Crippen LogP contribution is -2.45. The number of fused-ring (bicyclic) bond motifs is 1. The molecule has 10 heteroatoms. The van der Waals surface area contributed by atoms with Crippen LogP contribution in [0.5, 0.6) is 0 Å². The zero-order chi connectivity index (χ0) is 20.9. The van der Waals surface area contributed by atoms with Gasteiger partial charge in [0.25, 0.3) is 0 Å². The molecule has 1 amide bonds. The fourth-order valence-corrected chi connectivity index (χ4v) is 3.65. The van der Waals surface area contributed by atoms with Crippen molar-refractivity contribution in [3.63, 3.8) is 0 Å². The summed E-state index contributed by atoms with van der Waals surface area (Å²) in [7, 11) is 0. The van der Waals surface area contributed by atoms with Crippen LogP contribution in [0.15, 0.2) is 17.1 Å². The number of carboxylic acid groups (broad SMARTS) is 1. The molecule has 1 aliphatic carbocycles. The summed E-state index contributed by atoms with van der Waals surface area (Å²) in [6, 6.07) is 0.319. The summed E-state index contributed by atoms with van der Waals surface area (Å²) >= 11 is 0. The Morgan fingerprint density at radius 3 is 2.72 bits per heavy atom. The highest BCUT2D eigenvalue weighted by molar-refractivity contribution is 5.92. The quantitative estimate of drug-likeness (QED) is 0.667. The van der Waals surface area contributed by atoms with Crippen LogP contribution in [0.4, 0.5) is 10.2 Å². The monoisotopic (exact) mass is 403 g/mol. The van der Waals surface area contributed by atoms with Gasteiger partial charge < -0.3 is 25.6 Å². The molecule has 2 aromatic heterocycles. The second kappa shape index (κ2) is 7.11. The topological polar surface area (TPSA) is 131 Å². The van der Waals surface area contributed by atoms with E-state index in [1.54, 1.807) is 16.4 Å². The molecule has 9 nitrogen and oxygen atoms in total. The summed E-state index contributed by atoms with van der Waals surface area (Å²) in [6.45, 7) is 2.45. The predicted molar refractivity (Wildman–Crippen MR) is 104 cm³/mol. The van der Waals surface area contributed by atoms with E-state index >= 15 is 0 Å². The van der Waals surface area contributed by atoms with E-state index in [1.807, 2.05) is 0 Å². The summed E-state index contributed by atoms with van der Waals surface area (Å²) in [4.78, 5) is 41.9. The number of aromatic carboxylic acids is 1. The number of aromatic nitrogens is 2. The Balaban J connectivity index is 1.72. The normalized spacial score (nSPS) is 20.1. The van der Waals surface area contributed by atoms with Gasteiger partial charge in [0.2, 0.25) is 11.3 Å². The third-order valence-corrected chi connectivity index (χ3v) is 5.36. The van der Waals surface area contributed by atoms with Crippen LogP contribution in [0.1, 0.15) is 42.6 Å². The molecule has 1 saturated carbocycles. The standard InChI is InChI=1S/C19H22FN5O4/c1-9(21)18(27)22-10-4-5-24(7-10)17-14(20)6-12-15(26)13(19(28)29)8-25(11-2-3-11)16(12)23-17/h6,8-11H,2-5,7,21H2,1H3,(H,22,27)(H,28,29)/t9-,10?/m1/s1. The minimum atomic E-state index is -1.34. The highest BCUT2D eigenvalue weighted by Gasteiger charge is 2.31. The molecule has 2 aliphatic rings. The second-order valence-corrected chi connectivity index (χ2v) is 7.71. The van der Waals surface area contributed by atoms with Gasteiger partial charge in [0.05, 0.1) is 11.4 Å². The summed E-state index contributed by atoms with van der Waals surface area (Å²) in [5.41, 5.74) is 4.72. The molecule has 1 saturated heterocycles. The first-order valence-electron chi connectivity index (χ1n) is 9.56. The largest absolute Gasteiger partial charge is 0.477 e. The molecule has 4 N–H and O–H groups in total. The van der Waals surface area contributed by atoms with Crippen molar-refractivity contribution in [3.05, 3.63) is 33.9 Å². The number of rotatable bonds is 5. The predicted octanol–water partition coefficient (Wildman–Crippen LogP) is 0.611. The van der Waals surface area contributed by atoms with Crippen molar-refractivity contribution in [2.24, 2.45) is 5.73 Å². The molecule has 0 bridgehead atoms. The number of hydrogen-bond acceptors (Lipinski definition) is 6. The highest BCUT2D eigenvalue weighted by atomic mass is 19.1. The first-order chi connectivity index (χ1) is 13.8. The number of pyridine rings is 2. The fourth-order valence-electron chi connectivity index (χ4n) is 3.65. The third-order valence-electron chi connectivity index (χ3n) is 5.36. The van der Waals surface area contributed by atoms with E-state index in [1.165, 1.54) is 6.20 Å².